The number of hydrogen-bond donors (Lipinski definition) is 0. The largest absolute Gasteiger partial charge is 0.294 e. The molecule has 0 unspecified atom stereocenters. The second-order valence-corrected chi connectivity index (χ2v) is 4.03. The van der Waals surface area contributed by atoms with Gasteiger partial charge < -0.3 is 0 Å². The minimum atomic E-state index is 0.202. The zero-order valence-electron chi connectivity index (χ0n) is 8.00. The van der Waals surface area contributed by atoms with Crippen LogP contribution in [-0.2, 0) is 0 Å². The summed E-state index contributed by atoms with van der Waals surface area (Å²) in [6.45, 7) is 3.63. The molecule has 0 aromatic heterocycles. The van der Waals surface area contributed by atoms with Crippen LogP contribution in [0.3, 0.4) is 0 Å². The van der Waals surface area contributed by atoms with Crippen molar-refractivity contribution in [3.05, 3.63) is 47.0 Å². The van der Waals surface area contributed by atoms with E-state index in [0.29, 0.717) is 6.42 Å². The Balaban J connectivity index is 2.56. The lowest BCUT2D eigenvalue weighted by Gasteiger charge is -2.00. The molecule has 14 heavy (non-hydrogen) atoms. The van der Waals surface area contributed by atoms with Gasteiger partial charge in [-0.2, -0.15) is 0 Å². The highest BCUT2D eigenvalue weighted by molar-refractivity contribution is 9.10. The molecule has 0 fully saturated rings. The maximum absolute atomic E-state index is 11.6. The van der Waals surface area contributed by atoms with Crippen molar-refractivity contribution in [1.29, 1.82) is 0 Å². The molecule has 0 spiro atoms. The highest BCUT2D eigenvalue weighted by atomic mass is 79.9. The third-order valence-electron chi connectivity index (χ3n) is 1.96. The zero-order chi connectivity index (χ0) is 10.4. The van der Waals surface area contributed by atoms with Gasteiger partial charge in [0.2, 0.25) is 0 Å². The number of halogens is 1. The molecule has 1 nitrogen and oxygen atoms in total. The number of unbranched alkanes of at least 4 members (excludes halogenated alkanes) is 1. The molecule has 0 aliphatic rings. The van der Waals surface area contributed by atoms with E-state index < -0.39 is 0 Å². The smallest absolute Gasteiger partial charge is 0.162 e. The van der Waals surface area contributed by atoms with Crippen molar-refractivity contribution in [3.8, 4) is 0 Å². The molecule has 0 aliphatic carbocycles. The molecule has 1 aromatic carbocycles. The summed E-state index contributed by atoms with van der Waals surface area (Å²) >= 11 is 3.34. The van der Waals surface area contributed by atoms with Crippen molar-refractivity contribution in [2.45, 2.75) is 19.3 Å². The normalized spacial score (nSPS) is 9.79. The Bertz CT molecular complexity index is 331. The Labute approximate surface area is 93.0 Å². The van der Waals surface area contributed by atoms with E-state index in [2.05, 4.69) is 22.5 Å². The van der Waals surface area contributed by atoms with E-state index >= 15 is 0 Å². The summed E-state index contributed by atoms with van der Waals surface area (Å²) in [5.74, 6) is 0.202. The molecule has 1 aromatic rings. The fourth-order valence-electron chi connectivity index (χ4n) is 1.21. The van der Waals surface area contributed by atoms with E-state index in [1.165, 1.54) is 0 Å². The molecule has 0 bridgehead atoms. The van der Waals surface area contributed by atoms with E-state index in [-0.39, 0.29) is 5.78 Å². The average Bonchev–Trinajstić information content (AvgIpc) is 2.18. The van der Waals surface area contributed by atoms with E-state index in [0.717, 1.165) is 22.9 Å². The Kier molecular flexibility index (Phi) is 4.60. The van der Waals surface area contributed by atoms with E-state index in [1.807, 2.05) is 30.3 Å². The van der Waals surface area contributed by atoms with Gasteiger partial charge in [0.25, 0.3) is 0 Å². The molecule has 2 heteroatoms. The maximum atomic E-state index is 11.6. The zero-order valence-corrected chi connectivity index (χ0v) is 9.59. The fourth-order valence-corrected chi connectivity index (χ4v) is 1.61. The second-order valence-electron chi connectivity index (χ2n) is 3.11. The summed E-state index contributed by atoms with van der Waals surface area (Å²) in [6.07, 6.45) is 4.23. The van der Waals surface area contributed by atoms with Gasteiger partial charge in [-0.25, -0.2) is 0 Å². The summed E-state index contributed by atoms with van der Waals surface area (Å²) in [5, 5.41) is 0. The molecule has 1 rings (SSSR count). The van der Waals surface area contributed by atoms with Crippen LogP contribution in [0.5, 0.6) is 0 Å². The van der Waals surface area contributed by atoms with Crippen LogP contribution in [-0.4, -0.2) is 5.78 Å². The lowest BCUT2D eigenvalue weighted by molar-refractivity contribution is 0.0980. The summed E-state index contributed by atoms with van der Waals surface area (Å²) in [6, 6.07) is 7.50. The van der Waals surface area contributed by atoms with Gasteiger partial charge in [-0.1, -0.05) is 34.1 Å². The molecule has 0 saturated heterocycles. The summed E-state index contributed by atoms with van der Waals surface area (Å²) in [5.41, 5.74) is 0.781. The monoisotopic (exact) mass is 252 g/mol. The predicted molar refractivity (Wildman–Crippen MR) is 62.5 cm³/mol. The van der Waals surface area contributed by atoms with Crippen LogP contribution in [0.4, 0.5) is 0 Å². The summed E-state index contributed by atoms with van der Waals surface area (Å²) < 4.78 is 0.951. The van der Waals surface area contributed by atoms with E-state index in [4.69, 9.17) is 0 Å². The number of benzene rings is 1. The van der Waals surface area contributed by atoms with E-state index in [9.17, 15) is 4.79 Å². The van der Waals surface area contributed by atoms with Crippen LogP contribution in [0.2, 0.25) is 0 Å². The van der Waals surface area contributed by atoms with Crippen molar-refractivity contribution in [2.75, 3.05) is 0 Å². The Morgan fingerprint density at radius 2 is 2.29 bits per heavy atom. The number of Topliss-reactive ketones (excluding diaryl/α,β-unsaturated/α-hetero) is 1. The van der Waals surface area contributed by atoms with Gasteiger partial charge in [0.15, 0.2) is 5.78 Å². The third kappa shape index (κ3) is 3.46. The maximum Gasteiger partial charge on any atom is 0.162 e. The van der Waals surface area contributed by atoms with Crippen LogP contribution in [0.1, 0.15) is 29.6 Å². The fraction of sp³-hybridized carbons (Fsp3) is 0.250. The Morgan fingerprint density at radius 1 is 1.50 bits per heavy atom. The van der Waals surface area contributed by atoms with E-state index in [1.54, 1.807) is 0 Å². The van der Waals surface area contributed by atoms with Gasteiger partial charge >= 0.3 is 0 Å². The quantitative estimate of drug-likeness (QED) is 0.440. The lowest BCUT2D eigenvalue weighted by Crippen LogP contribution is -1.98. The van der Waals surface area contributed by atoms with Gasteiger partial charge in [-0.05, 0) is 25.0 Å². The topological polar surface area (TPSA) is 17.1 Å². The summed E-state index contributed by atoms with van der Waals surface area (Å²) in [7, 11) is 0. The third-order valence-corrected chi connectivity index (χ3v) is 2.45. The van der Waals surface area contributed by atoms with Gasteiger partial charge in [0, 0.05) is 16.5 Å². The highest BCUT2D eigenvalue weighted by Gasteiger charge is 2.04. The van der Waals surface area contributed by atoms with Crippen LogP contribution >= 0.6 is 15.9 Å². The number of allylic oxidation sites excluding steroid dienone is 1. The molecule has 0 amide bonds. The first-order valence-corrected chi connectivity index (χ1v) is 5.43. The molecule has 74 valence electrons. The first kappa shape index (κ1) is 11.2. The van der Waals surface area contributed by atoms with Crippen LogP contribution in [0.25, 0.3) is 0 Å². The second kappa shape index (κ2) is 5.76. The Morgan fingerprint density at radius 3 is 2.93 bits per heavy atom. The molecular weight excluding hydrogens is 240 g/mol. The molecule has 0 atom stereocenters. The molecular formula is C12H13BrO. The molecule has 0 aliphatic heterocycles. The van der Waals surface area contributed by atoms with Gasteiger partial charge in [-0.15, -0.1) is 6.58 Å². The first-order chi connectivity index (χ1) is 6.74. The number of hydrogen-bond acceptors (Lipinski definition) is 1. The van der Waals surface area contributed by atoms with Crippen molar-refractivity contribution in [1.82, 2.24) is 0 Å². The number of ketones is 1. The van der Waals surface area contributed by atoms with Gasteiger partial charge in [0.05, 0.1) is 0 Å². The minimum absolute atomic E-state index is 0.202. The molecule has 0 heterocycles. The van der Waals surface area contributed by atoms with Crippen LogP contribution in [0, 0.1) is 0 Å². The molecule has 0 N–H and O–H groups in total. The average molecular weight is 253 g/mol. The Hall–Kier alpha value is -0.890. The molecule has 0 saturated carbocycles. The number of carbonyl (C=O) groups excluding carboxylic acids is 1. The van der Waals surface area contributed by atoms with Crippen LogP contribution < -0.4 is 0 Å². The van der Waals surface area contributed by atoms with Crippen molar-refractivity contribution >= 4 is 21.7 Å². The number of carbonyl (C=O) groups is 1. The van der Waals surface area contributed by atoms with Crippen molar-refractivity contribution in [3.63, 3.8) is 0 Å². The standard InChI is InChI=1S/C12H13BrO/c1-2-3-4-8-12(14)10-6-5-7-11(13)9-10/h2,5-7,9H,1,3-4,8H2. The lowest BCUT2D eigenvalue weighted by atomic mass is 10.1. The minimum Gasteiger partial charge on any atom is -0.294 e. The summed E-state index contributed by atoms with van der Waals surface area (Å²) in [4.78, 5) is 11.6. The SMILES string of the molecule is C=CCCCC(=O)c1cccc(Br)c1. The highest BCUT2D eigenvalue weighted by Crippen LogP contribution is 2.14. The van der Waals surface area contributed by atoms with Gasteiger partial charge in [0.1, 0.15) is 0 Å². The van der Waals surface area contributed by atoms with Crippen molar-refractivity contribution < 1.29 is 4.79 Å². The molecule has 0 radical (unpaired) electrons. The van der Waals surface area contributed by atoms with Gasteiger partial charge in [-0.3, -0.25) is 4.79 Å². The van der Waals surface area contributed by atoms with Crippen molar-refractivity contribution in [2.24, 2.45) is 0 Å². The van der Waals surface area contributed by atoms with Crippen LogP contribution in [0.15, 0.2) is 41.4 Å². The first-order valence-electron chi connectivity index (χ1n) is 4.63. The number of rotatable bonds is 5. The predicted octanol–water partition coefficient (Wildman–Crippen LogP) is 3.99.